The lowest BCUT2D eigenvalue weighted by molar-refractivity contribution is 0.0520. The summed E-state index contributed by atoms with van der Waals surface area (Å²) in [4.78, 5) is 12.9. The molecule has 1 aromatic heterocycles. The van der Waals surface area contributed by atoms with Crippen LogP contribution < -0.4 is 0 Å². The molecule has 0 aliphatic carbocycles. The van der Waals surface area contributed by atoms with Crippen LogP contribution in [0.3, 0.4) is 0 Å². The van der Waals surface area contributed by atoms with Gasteiger partial charge in [-0.25, -0.2) is 9.36 Å². The minimum absolute atomic E-state index is 0.195. The topological polar surface area (TPSA) is 72.1 Å². The number of hydrogen-bond donors (Lipinski definition) is 0. The number of hydrogen-bond acceptors (Lipinski definition) is 4. The van der Waals surface area contributed by atoms with E-state index in [1.165, 1.54) is 10.4 Å². The first-order valence-corrected chi connectivity index (χ1v) is 10.7. The van der Waals surface area contributed by atoms with E-state index < -0.39 is 5.97 Å². The first kappa shape index (κ1) is 21.8. The van der Waals surface area contributed by atoms with Crippen molar-refractivity contribution in [3.05, 3.63) is 63.8 Å². The molecule has 0 fully saturated rings. The van der Waals surface area contributed by atoms with Crippen molar-refractivity contribution in [1.29, 1.82) is 5.26 Å². The van der Waals surface area contributed by atoms with Crippen molar-refractivity contribution in [3.63, 3.8) is 0 Å². The van der Waals surface area contributed by atoms with E-state index in [0.29, 0.717) is 27.9 Å². The Balaban J connectivity index is 2.51. The first-order chi connectivity index (χ1) is 14.5. The second kappa shape index (κ2) is 9.26. The zero-order chi connectivity index (χ0) is 21.8. The van der Waals surface area contributed by atoms with Gasteiger partial charge in [0.15, 0.2) is 0 Å². The quantitative estimate of drug-likeness (QED) is 0.247. The molecule has 7 heteroatoms. The van der Waals surface area contributed by atoms with Gasteiger partial charge in [0, 0.05) is 22.0 Å². The molecule has 0 aliphatic heterocycles. The maximum atomic E-state index is 12.9. The Morgan fingerprint density at radius 3 is 2.70 bits per heavy atom. The number of benzene rings is 2. The number of carbonyl (C=O) groups excluding carboxylic acids is 1. The van der Waals surface area contributed by atoms with Crippen LogP contribution in [-0.4, -0.2) is 16.9 Å². The van der Waals surface area contributed by atoms with Crippen LogP contribution in [0.15, 0.2) is 36.4 Å². The van der Waals surface area contributed by atoms with Crippen LogP contribution in [0.4, 0.5) is 0 Å². The minimum atomic E-state index is -0.555. The molecule has 2 aromatic carbocycles. The van der Waals surface area contributed by atoms with E-state index in [-0.39, 0.29) is 20.9 Å². The van der Waals surface area contributed by atoms with Crippen LogP contribution in [-0.2, 0) is 15.7 Å². The lowest BCUT2D eigenvalue weighted by Gasteiger charge is -2.15. The SMILES string of the molecule is CCOC(=O)c1c(-c2cc(C)cc(C=CC#N)c2CC)c2cc(Cl)ccc2n1P=O. The van der Waals surface area contributed by atoms with Gasteiger partial charge in [-0.15, -0.1) is 0 Å². The highest BCUT2D eigenvalue weighted by Gasteiger charge is 2.27. The van der Waals surface area contributed by atoms with Gasteiger partial charge in [-0.3, -0.25) is 4.34 Å². The van der Waals surface area contributed by atoms with Crippen molar-refractivity contribution < 1.29 is 14.1 Å². The lowest BCUT2D eigenvalue weighted by atomic mass is 9.90. The number of fused-ring (bicyclic) bond motifs is 1. The Labute approximate surface area is 181 Å². The summed E-state index contributed by atoms with van der Waals surface area (Å²) in [5, 5.41) is 10.2. The molecule has 0 aliphatic rings. The molecule has 0 atom stereocenters. The van der Waals surface area contributed by atoms with Gasteiger partial charge in [-0.05, 0) is 66.8 Å². The number of allylic oxidation sites excluding steroid dienone is 1. The molecule has 152 valence electrons. The molecule has 0 unspecified atom stereocenters. The summed E-state index contributed by atoms with van der Waals surface area (Å²) in [5.74, 6) is -0.555. The van der Waals surface area contributed by atoms with Crippen molar-refractivity contribution >= 4 is 43.2 Å². The Morgan fingerprint density at radius 2 is 2.07 bits per heavy atom. The van der Waals surface area contributed by atoms with Crippen LogP contribution in [0, 0.1) is 18.3 Å². The monoisotopic (exact) mass is 438 g/mol. The zero-order valence-electron chi connectivity index (χ0n) is 16.9. The second-order valence-corrected chi connectivity index (χ2v) is 7.69. The summed E-state index contributed by atoms with van der Waals surface area (Å²) in [6, 6.07) is 11.2. The molecule has 0 bridgehead atoms. The number of ether oxygens (including phenoxy) is 1. The number of carbonyl (C=O) groups is 1. The number of aromatic nitrogens is 1. The Kier molecular flexibility index (Phi) is 6.72. The molecule has 0 amide bonds. The van der Waals surface area contributed by atoms with Crippen molar-refractivity contribution in [2.45, 2.75) is 27.2 Å². The molecule has 5 nitrogen and oxygen atoms in total. The standard InChI is InChI=1S/C23H20ClN2O3P/c1-4-17-15(7-6-10-25)11-14(3)12-18(17)21-19-13-16(24)8-9-20(19)26(30-28)22(21)23(27)29-5-2/h6-9,11-13H,4-5H2,1-3H3. The van der Waals surface area contributed by atoms with E-state index in [1.807, 2.05) is 32.0 Å². The zero-order valence-corrected chi connectivity index (χ0v) is 18.6. The average molecular weight is 439 g/mol. The summed E-state index contributed by atoms with van der Waals surface area (Å²) >= 11 is 6.28. The Bertz CT molecular complexity index is 1220. The average Bonchev–Trinajstić information content (AvgIpc) is 3.05. The minimum Gasteiger partial charge on any atom is -0.461 e. The van der Waals surface area contributed by atoms with Gasteiger partial charge in [-0.2, -0.15) is 5.26 Å². The van der Waals surface area contributed by atoms with Crippen LogP contribution >= 0.6 is 20.2 Å². The van der Waals surface area contributed by atoms with Crippen LogP contribution in [0.1, 0.15) is 41.0 Å². The smallest absolute Gasteiger partial charge is 0.356 e. The van der Waals surface area contributed by atoms with Crippen molar-refractivity contribution in [3.8, 4) is 17.2 Å². The first-order valence-electron chi connectivity index (χ1n) is 9.51. The van der Waals surface area contributed by atoms with Crippen LogP contribution in [0.2, 0.25) is 5.02 Å². The van der Waals surface area contributed by atoms with E-state index in [1.54, 1.807) is 31.2 Å². The third kappa shape index (κ3) is 3.89. The molecule has 0 saturated heterocycles. The van der Waals surface area contributed by atoms with Gasteiger partial charge in [-0.1, -0.05) is 30.7 Å². The summed E-state index contributed by atoms with van der Waals surface area (Å²) < 4.78 is 18.8. The number of nitrogens with zero attached hydrogens (tertiary/aromatic N) is 2. The van der Waals surface area contributed by atoms with Gasteiger partial charge >= 0.3 is 5.97 Å². The van der Waals surface area contributed by atoms with Crippen molar-refractivity contribution in [2.75, 3.05) is 6.61 Å². The fourth-order valence-electron chi connectivity index (χ4n) is 3.73. The summed E-state index contributed by atoms with van der Waals surface area (Å²) in [6.45, 7) is 5.89. The lowest BCUT2D eigenvalue weighted by Crippen LogP contribution is -2.10. The van der Waals surface area contributed by atoms with E-state index >= 15 is 0 Å². The van der Waals surface area contributed by atoms with Gasteiger partial charge in [0.2, 0.25) is 0 Å². The largest absolute Gasteiger partial charge is 0.461 e. The normalized spacial score (nSPS) is 11.3. The van der Waals surface area contributed by atoms with Crippen molar-refractivity contribution in [1.82, 2.24) is 4.34 Å². The van der Waals surface area contributed by atoms with E-state index in [4.69, 9.17) is 21.6 Å². The molecule has 0 N–H and O–H groups in total. The fraction of sp³-hybridized carbons (Fsp3) is 0.217. The van der Waals surface area contributed by atoms with E-state index in [0.717, 1.165) is 22.3 Å². The van der Waals surface area contributed by atoms with E-state index in [2.05, 4.69) is 0 Å². The van der Waals surface area contributed by atoms with E-state index in [9.17, 15) is 9.36 Å². The molecule has 0 radical (unpaired) electrons. The highest BCUT2D eigenvalue weighted by molar-refractivity contribution is 7.22. The number of rotatable bonds is 6. The summed E-state index contributed by atoms with van der Waals surface area (Å²) in [6.07, 6.45) is 3.86. The van der Waals surface area contributed by atoms with Crippen LogP contribution in [0.25, 0.3) is 28.1 Å². The molecule has 0 spiro atoms. The number of nitriles is 1. The molecule has 30 heavy (non-hydrogen) atoms. The molecule has 0 saturated carbocycles. The van der Waals surface area contributed by atoms with Gasteiger partial charge in [0.1, 0.15) is 5.69 Å². The van der Waals surface area contributed by atoms with Gasteiger partial charge in [0.05, 0.1) is 18.2 Å². The Morgan fingerprint density at radius 1 is 1.30 bits per heavy atom. The number of esters is 1. The molecule has 3 rings (SSSR count). The fourth-order valence-corrected chi connectivity index (χ4v) is 4.43. The number of aryl methyl sites for hydroxylation is 1. The highest BCUT2D eigenvalue weighted by Crippen LogP contribution is 2.41. The maximum absolute atomic E-state index is 12.9. The Hall–Kier alpha value is -2.93. The molecular weight excluding hydrogens is 419 g/mol. The maximum Gasteiger partial charge on any atom is 0.356 e. The molecular formula is C23H20ClN2O3P. The molecule has 3 aromatic rings. The summed E-state index contributed by atoms with van der Waals surface area (Å²) in [5.41, 5.74) is 5.12. The third-order valence-corrected chi connectivity index (χ3v) is 5.66. The second-order valence-electron chi connectivity index (χ2n) is 6.70. The van der Waals surface area contributed by atoms with Gasteiger partial charge in [0.25, 0.3) is 8.61 Å². The third-order valence-electron chi connectivity index (χ3n) is 4.84. The number of halogens is 1. The summed E-state index contributed by atoms with van der Waals surface area (Å²) in [7, 11) is -0.349. The van der Waals surface area contributed by atoms with Crippen LogP contribution in [0.5, 0.6) is 0 Å². The predicted octanol–water partition coefficient (Wildman–Crippen LogP) is 6.60. The molecule has 1 heterocycles. The van der Waals surface area contributed by atoms with Crippen molar-refractivity contribution in [2.24, 2.45) is 0 Å². The highest BCUT2D eigenvalue weighted by atomic mass is 35.5. The predicted molar refractivity (Wildman–Crippen MR) is 120 cm³/mol. The van der Waals surface area contributed by atoms with Gasteiger partial charge < -0.3 is 4.74 Å².